The second-order valence-electron chi connectivity index (χ2n) is 6.39. The molecule has 0 bridgehead atoms. The Kier molecular flexibility index (Phi) is 4.67. The molecule has 2 heterocycles. The summed E-state index contributed by atoms with van der Waals surface area (Å²) in [5.74, 6) is -0.138. The minimum atomic E-state index is -0.195. The molecule has 1 aliphatic rings. The van der Waals surface area contributed by atoms with Crippen LogP contribution in [0, 0.1) is 0 Å². The van der Waals surface area contributed by atoms with Crippen molar-refractivity contribution in [2.75, 3.05) is 18.4 Å². The number of nitrogens with one attached hydrogen (secondary N) is 1. The normalized spacial score (nSPS) is 14.6. The first-order valence-electron chi connectivity index (χ1n) is 8.72. The minimum absolute atomic E-state index is 0.0574. The van der Waals surface area contributed by atoms with Gasteiger partial charge >= 0.3 is 0 Å². The van der Waals surface area contributed by atoms with E-state index in [1.54, 1.807) is 4.90 Å². The van der Waals surface area contributed by atoms with E-state index in [9.17, 15) is 9.59 Å². The van der Waals surface area contributed by atoms with Gasteiger partial charge in [-0.05, 0) is 23.6 Å². The molecule has 26 heavy (non-hydrogen) atoms. The van der Waals surface area contributed by atoms with Gasteiger partial charge in [0.25, 0.3) is 0 Å². The van der Waals surface area contributed by atoms with Gasteiger partial charge in [-0.2, -0.15) is 0 Å². The second-order valence-corrected chi connectivity index (χ2v) is 7.24. The molecular weight excluding hydrogens is 346 g/mol. The molecule has 1 saturated heterocycles. The van der Waals surface area contributed by atoms with E-state index in [2.05, 4.69) is 28.5 Å². The van der Waals surface area contributed by atoms with Gasteiger partial charge in [-0.25, -0.2) is 4.98 Å². The number of benzene rings is 2. The molecule has 0 spiro atoms. The SMILES string of the molecule is O=C(CN1CCCCC1=O)Nc1nc(-c2cccc3ccccc23)cs1. The summed E-state index contributed by atoms with van der Waals surface area (Å²) < 4.78 is 0. The fraction of sp³-hybridized carbons (Fsp3) is 0.250. The summed E-state index contributed by atoms with van der Waals surface area (Å²) in [6, 6.07) is 14.3. The van der Waals surface area contributed by atoms with Crippen LogP contribution < -0.4 is 5.32 Å². The van der Waals surface area contributed by atoms with Crippen molar-refractivity contribution >= 4 is 39.1 Å². The lowest BCUT2D eigenvalue weighted by Gasteiger charge is -2.25. The molecule has 1 aromatic heterocycles. The Labute approximate surface area is 155 Å². The van der Waals surface area contributed by atoms with E-state index in [0.29, 0.717) is 18.1 Å². The van der Waals surface area contributed by atoms with Gasteiger partial charge in [0.05, 0.1) is 12.2 Å². The number of carbonyl (C=O) groups excluding carboxylic acids is 2. The summed E-state index contributed by atoms with van der Waals surface area (Å²) in [7, 11) is 0. The topological polar surface area (TPSA) is 62.3 Å². The monoisotopic (exact) mass is 365 g/mol. The van der Waals surface area contributed by atoms with E-state index >= 15 is 0 Å². The number of likely N-dealkylation sites (tertiary alicyclic amines) is 1. The molecule has 4 rings (SSSR count). The number of anilines is 1. The first-order valence-corrected chi connectivity index (χ1v) is 9.60. The second kappa shape index (κ2) is 7.25. The number of hydrogen-bond acceptors (Lipinski definition) is 4. The number of piperidine rings is 1. The zero-order chi connectivity index (χ0) is 17.9. The Morgan fingerprint density at radius 3 is 2.88 bits per heavy atom. The highest BCUT2D eigenvalue weighted by Gasteiger charge is 2.21. The van der Waals surface area contributed by atoms with Crippen molar-refractivity contribution in [1.29, 1.82) is 0 Å². The number of rotatable bonds is 4. The number of nitrogens with zero attached hydrogens (tertiary/aromatic N) is 2. The van der Waals surface area contributed by atoms with E-state index in [0.717, 1.165) is 34.9 Å². The van der Waals surface area contributed by atoms with Crippen LogP contribution >= 0.6 is 11.3 Å². The Bertz CT molecular complexity index is 961. The largest absolute Gasteiger partial charge is 0.333 e. The molecule has 1 fully saturated rings. The third kappa shape index (κ3) is 3.46. The van der Waals surface area contributed by atoms with E-state index in [1.807, 2.05) is 29.6 Å². The first-order chi connectivity index (χ1) is 12.7. The average Bonchev–Trinajstić information content (AvgIpc) is 3.11. The van der Waals surface area contributed by atoms with E-state index in [-0.39, 0.29) is 18.4 Å². The van der Waals surface area contributed by atoms with Crippen LogP contribution in [0.25, 0.3) is 22.0 Å². The van der Waals surface area contributed by atoms with Crippen LogP contribution in [0.15, 0.2) is 47.8 Å². The molecule has 0 saturated carbocycles. The van der Waals surface area contributed by atoms with E-state index < -0.39 is 0 Å². The van der Waals surface area contributed by atoms with E-state index in [1.165, 1.54) is 11.3 Å². The molecule has 0 aliphatic carbocycles. The standard InChI is InChI=1S/C20H19N3O2S/c24-18(12-23-11-4-3-10-19(23)25)22-20-21-17(13-26-20)16-9-5-7-14-6-1-2-8-15(14)16/h1-2,5-9,13H,3-4,10-12H2,(H,21,22,24). The number of amides is 2. The van der Waals surface area contributed by atoms with Crippen molar-refractivity contribution in [3.63, 3.8) is 0 Å². The Morgan fingerprint density at radius 2 is 2.00 bits per heavy atom. The number of fused-ring (bicyclic) bond motifs is 1. The van der Waals surface area contributed by atoms with Gasteiger partial charge in [-0.3, -0.25) is 9.59 Å². The molecule has 5 nitrogen and oxygen atoms in total. The molecule has 1 N–H and O–H groups in total. The van der Waals surface area contributed by atoms with Gasteiger partial charge < -0.3 is 10.2 Å². The Morgan fingerprint density at radius 1 is 1.15 bits per heavy atom. The van der Waals surface area contributed by atoms with Crippen LogP contribution in [-0.2, 0) is 9.59 Å². The van der Waals surface area contributed by atoms with Crippen molar-refractivity contribution in [3.05, 3.63) is 47.8 Å². The molecule has 3 aromatic rings. The molecule has 0 atom stereocenters. The van der Waals surface area contributed by atoms with Gasteiger partial charge in [0, 0.05) is 23.9 Å². The van der Waals surface area contributed by atoms with Crippen LogP contribution in [0.5, 0.6) is 0 Å². The third-order valence-corrected chi connectivity index (χ3v) is 5.33. The van der Waals surface area contributed by atoms with Gasteiger partial charge in [0.15, 0.2) is 5.13 Å². The molecule has 0 unspecified atom stereocenters. The molecule has 1 aliphatic heterocycles. The zero-order valence-electron chi connectivity index (χ0n) is 14.3. The fourth-order valence-corrected chi connectivity index (χ4v) is 3.99. The molecule has 132 valence electrons. The predicted molar refractivity (Wildman–Crippen MR) is 104 cm³/mol. The predicted octanol–water partition coefficient (Wildman–Crippen LogP) is 3.91. The number of aromatic nitrogens is 1. The van der Waals surface area contributed by atoms with Crippen LogP contribution in [-0.4, -0.2) is 34.8 Å². The third-order valence-electron chi connectivity index (χ3n) is 4.57. The molecule has 2 aromatic carbocycles. The van der Waals surface area contributed by atoms with Gasteiger partial charge in [0.2, 0.25) is 11.8 Å². The minimum Gasteiger partial charge on any atom is -0.333 e. The summed E-state index contributed by atoms with van der Waals surface area (Å²) in [6.07, 6.45) is 2.41. The van der Waals surface area contributed by atoms with Crippen LogP contribution in [0.3, 0.4) is 0 Å². The number of hydrogen-bond donors (Lipinski definition) is 1. The highest BCUT2D eigenvalue weighted by atomic mass is 32.1. The Balaban J connectivity index is 1.49. The van der Waals surface area contributed by atoms with E-state index in [4.69, 9.17) is 0 Å². The zero-order valence-corrected chi connectivity index (χ0v) is 15.1. The quantitative estimate of drug-likeness (QED) is 0.762. The maximum absolute atomic E-state index is 12.2. The maximum atomic E-state index is 12.2. The summed E-state index contributed by atoms with van der Waals surface area (Å²) in [5, 5.41) is 7.62. The Hall–Kier alpha value is -2.73. The summed E-state index contributed by atoms with van der Waals surface area (Å²) in [5.41, 5.74) is 1.89. The summed E-state index contributed by atoms with van der Waals surface area (Å²) in [6.45, 7) is 0.757. The molecule has 6 heteroatoms. The van der Waals surface area contributed by atoms with Gasteiger partial charge in [-0.1, -0.05) is 42.5 Å². The van der Waals surface area contributed by atoms with Crippen molar-refractivity contribution in [1.82, 2.24) is 9.88 Å². The van der Waals surface area contributed by atoms with Gasteiger partial charge in [0.1, 0.15) is 0 Å². The number of thiazole rings is 1. The smallest absolute Gasteiger partial charge is 0.245 e. The maximum Gasteiger partial charge on any atom is 0.245 e. The lowest BCUT2D eigenvalue weighted by atomic mass is 10.0. The summed E-state index contributed by atoms with van der Waals surface area (Å²) in [4.78, 5) is 30.3. The van der Waals surface area contributed by atoms with Crippen molar-refractivity contribution in [3.8, 4) is 11.3 Å². The fourth-order valence-electron chi connectivity index (χ4n) is 3.26. The molecular formula is C20H19N3O2S. The molecule has 2 amide bonds. The van der Waals surface area contributed by atoms with Crippen LogP contribution in [0.2, 0.25) is 0 Å². The highest BCUT2D eigenvalue weighted by molar-refractivity contribution is 7.14. The summed E-state index contributed by atoms with van der Waals surface area (Å²) >= 11 is 1.40. The van der Waals surface area contributed by atoms with Crippen molar-refractivity contribution in [2.45, 2.75) is 19.3 Å². The highest BCUT2D eigenvalue weighted by Crippen LogP contribution is 2.30. The van der Waals surface area contributed by atoms with Crippen LogP contribution in [0.1, 0.15) is 19.3 Å². The lowest BCUT2D eigenvalue weighted by molar-refractivity contribution is -0.136. The van der Waals surface area contributed by atoms with Crippen LogP contribution in [0.4, 0.5) is 5.13 Å². The molecule has 0 radical (unpaired) electrons. The average molecular weight is 365 g/mol. The lowest BCUT2D eigenvalue weighted by Crippen LogP contribution is -2.40. The first kappa shape index (κ1) is 16.7. The number of carbonyl (C=O) groups is 2. The van der Waals surface area contributed by atoms with Gasteiger partial charge in [-0.15, -0.1) is 11.3 Å². The van der Waals surface area contributed by atoms with Crippen molar-refractivity contribution in [2.24, 2.45) is 0 Å². The van der Waals surface area contributed by atoms with Crippen molar-refractivity contribution < 1.29 is 9.59 Å².